The first-order chi connectivity index (χ1) is 5.81. The quantitative estimate of drug-likeness (QED) is 0.348. The summed E-state index contributed by atoms with van der Waals surface area (Å²) < 4.78 is 4.75. The van der Waals surface area contributed by atoms with Crippen LogP contribution in [-0.2, 0) is 9.53 Å². The molecule has 0 saturated heterocycles. The number of carbonyl (C=O) groups is 1. The van der Waals surface area contributed by atoms with Crippen LogP contribution in [0.4, 0.5) is 0 Å². The molecule has 0 spiro atoms. The molecule has 0 aliphatic heterocycles. The third-order valence-corrected chi connectivity index (χ3v) is 1.57. The molecular weight excluding hydrogens is 152 g/mol. The Hall–Kier alpha value is -0.790. The Kier molecular flexibility index (Phi) is 7.76. The molecule has 12 heavy (non-hydrogen) atoms. The number of allylic oxidation sites excluding steroid dienone is 1. The summed E-state index contributed by atoms with van der Waals surface area (Å²) in [5.74, 6) is -0.121. The fourth-order valence-electron chi connectivity index (χ4n) is 0.899. The van der Waals surface area contributed by atoms with Crippen molar-refractivity contribution in [1.29, 1.82) is 0 Å². The highest BCUT2D eigenvalue weighted by molar-refractivity contribution is 5.69. The van der Waals surface area contributed by atoms with Gasteiger partial charge in [0.2, 0.25) is 0 Å². The first kappa shape index (κ1) is 11.2. The lowest BCUT2D eigenvalue weighted by Gasteiger charge is -1.98. The highest BCUT2D eigenvalue weighted by Crippen LogP contribution is 2.03. The fourth-order valence-corrected chi connectivity index (χ4v) is 0.899. The van der Waals surface area contributed by atoms with Gasteiger partial charge < -0.3 is 4.74 Å². The van der Waals surface area contributed by atoms with E-state index in [1.54, 1.807) is 6.08 Å². The number of ether oxygens (including phenoxy) is 1. The van der Waals surface area contributed by atoms with E-state index in [2.05, 4.69) is 6.92 Å². The van der Waals surface area contributed by atoms with Gasteiger partial charge in [-0.05, 0) is 13.3 Å². The Morgan fingerprint density at radius 3 is 2.67 bits per heavy atom. The predicted octanol–water partition coefficient (Wildman–Crippen LogP) is 3.03. The van der Waals surface area contributed by atoms with E-state index < -0.39 is 0 Å². The van der Waals surface area contributed by atoms with E-state index in [0.717, 1.165) is 12.8 Å². The minimum Gasteiger partial charge on any atom is -0.435 e. The summed E-state index contributed by atoms with van der Waals surface area (Å²) >= 11 is 0. The number of esters is 1. The summed E-state index contributed by atoms with van der Waals surface area (Å²) in [4.78, 5) is 10.9. The van der Waals surface area contributed by atoms with Gasteiger partial charge in [0.15, 0.2) is 0 Å². The van der Waals surface area contributed by atoms with Crippen molar-refractivity contribution in [3.8, 4) is 0 Å². The molecule has 0 rings (SSSR count). The van der Waals surface area contributed by atoms with E-state index in [1.807, 2.05) is 6.92 Å². The summed E-state index contributed by atoms with van der Waals surface area (Å²) in [6.45, 7) is 3.97. The lowest BCUT2D eigenvalue weighted by molar-refractivity contribution is -0.138. The van der Waals surface area contributed by atoms with Crippen LogP contribution < -0.4 is 0 Å². The van der Waals surface area contributed by atoms with Crippen LogP contribution in [0, 0.1) is 0 Å². The van der Waals surface area contributed by atoms with E-state index in [0.29, 0.717) is 6.42 Å². The van der Waals surface area contributed by atoms with Gasteiger partial charge >= 0.3 is 5.97 Å². The van der Waals surface area contributed by atoms with E-state index in [9.17, 15) is 4.79 Å². The topological polar surface area (TPSA) is 26.3 Å². The second kappa shape index (κ2) is 8.31. The third kappa shape index (κ3) is 7.32. The molecule has 0 N–H and O–H groups in total. The first-order valence-electron chi connectivity index (χ1n) is 4.62. The molecule has 0 aliphatic rings. The summed E-state index contributed by atoms with van der Waals surface area (Å²) in [5.41, 5.74) is 0. The maximum absolute atomic E-state index is 10.9. The average molecular weight is 170 g/mol. The van der Waals surface area contributed by atoms with Crippen molar-refractivity contribution in [3.05, 3.63) is 12.3 Å². The number of unbranched alkanes of at least 4 members (excludes halogenated alkanes) is 3. The van der Waals surface area contributed by atoms with Crippen molar-refractivity contribution in [1.82, 2.24) is 0 Å². The Morgan fingerprint density at radius 2 is 2.08 bits per heavy atom. The molecule has 0 unspecified atom stereocenters. The van der Waals surface area contributed by atoms with Gasteiger partial charge in [0.05, 0.1) is 6.26 Å². The third-order valence-electron chi connectivity index (χ3n) is 1.57. The number of carbonyl (C=O) groups excluding carboxylic acids is 1. The second-order valence-electron chi connectivity index (χ2n) is 2.77. The maximum atomic E-state index is 10.9. The van der Waals surface area contributed by atoms with Gasteiger partial charge in [0.1, 0.15) is 0 Å². The van der Waals surface area contributed by atoms with Crippen LogP contribution in [0.1, 0.15) is 46.0 Å². The summed E-state index contributed by atoms with van der Waals surface area (Å²) in [7, 11) is 0. The standard InChI is InChI=1S/C10H18O2/c1-3-5-6-7-8-10(11)12-9-4-2/h4,9H,3,5-8H2,1-2H3/b9-4+. The molecule has 2 heteroatoms. The van der Waals surface area contributed by atoms with Crippen molar-refractivity contribution in [2.24, 2.45) is 0 Å². The van der Waals surface area contributed by atoms with Crippen molar-refractivity contribution >= 4 is 5.97 Å². The van der Waals surface area contributed by atoms with Crippen LogP contribution >= 0.6 is 0 Å². The Labute approximate surface area is 74.6 Å². The van der Waals surface area contributed by atoms with Crippen molar-refractivity contribution in [3.63, 3.8) is 0 Å². The molecule has 0 bridgehead atoms. The summed E-state index contributed by atoms with van der Waals surface area (Å²) in [6, 6.07) is 0. The molecule has 0 radical (unpaired) electrons. The minimum atomic E-state index is -0.121. The molecule has 0 aromatic rings. The highest BCUT2D eigenvalue weighted by atomic mass is 16.5. The van der Waals surface area contributed by atoms with Gasteiger partial charge in [-0.15, -0.1) is 0 Å². The molecule has 0 atom stereocenters. The molecule has 0 heterocycles. The lowest BCUT2D eigenvalue weighted by atomic mass is 10.2. The predicted molar refractivity (Wildman–Crippen MR) is 49.7 cm³/mol. The summed E-state index contributed by atoms with van der Waals surface area (Å²) in [6.07, 6.45) is 8.17. The van der Waals surface area contributed by atoms with E-state index in [1.165, 1.54) is 19.1 Å². The molecule has 0 fully saturated rings. The zero-order valence-corrected chi connectivity index (χ0v) is 8.01. The zero-order chi connectivity index (χ0) is 9.23. The van der Waals surface area contributed by atoms with Gasteiger partial charge in [0.25, 0.3) is 0 Å². The zero-order valence-electron chi connectivity index (χ0n) is 8.01. The van der Waals surface area contributed by atoms with Crippen LogP contribution in [-0.4, -0.2) is 5.97 Å². The van der Waals surface area contributed by atoms with Gasteiger partial charge in [-0.1, -0.05) is 32.3 Å². The molecule has 0 amide bonds. The SMILES string of the molecule is C/C=C/OC(=O)CCCCCC. The monoisotopic (exact) mass is 170 g/mol. The number of hydrogen-bond acceptors (Lipinski definition) is 2. The smallest absolute Gasteiger partial charge is 0.310 e. The van der Waals surface area contributed by atoms with Gasteiger partial charge in [-0.25, -0.2) is 0 Å². The van der Waals surface area contributed by atoms with Crippen molar-refractivity contribution in [2.45, 2.75) is 46.0 Å². The molecule has 0 aliphatic carbocycles. The Balaban J connectivity index is 3.20. The highest BCUT2D eigenvalue weighted by Gasteiger charge is 1.98. The van der Waals surface area contributed by atoms with Crippen LogP contribution in [0.2, 0.25) is 0 Å². The van der Waals surface area contributed by atoms with E-state index >= 15 is 0 Å². The number of rotatable bonds is 6. The summed E-state index contributed by atoms with van der Waals surface area (Å²) in [5, 5.41) is 0. The largest absolute Gasteiger partial charge is 0.435 e. The average Bonchev–Trinajstić information content (AvgIpc) is 2.09. The molecule has 2 nitrogen and oxygen atoms in total. The van der Waals surface area contributed by atoms with Crippen LogP contribution in [0.3, 0.4) is 0 Å². The first-order valence-corrected chi connectivity index (χ1v) is 4.62. The maximum Gasteiger partial charge on any atom is 0.310 e. The molecule has 0 aromatic carbocycles. The molecule has 0 saturated carbocycles. The number of hydrogen-bond donors (Lipinski definition) is 0. The Morgan fingerprint density at radius 1 is 1.33 bits per heavy atom. The normalized spacial score (nSPS) is 10.5. The second-order valence-corrected chi connectivity index (χ2v) is 2.77. The minimum absolute atomic E-state index is 0.121. The van der Waals surface area contributed by atoms with Crippen LogP contribution in [0.5, 0.6) is 0 Å². The van der Waals surface area contributed by atoms with Crippen molar-refractivity contribution < 1.29 is 9.53 Å². The van der Waals surface area contributed by atoms with Gasteiger partial charge in [-0.2, -0.15) is 0 Å². The molecular formula is C10H18O2. The van der Waals surface area contributed by atoms with Crippen LogP contribution in [0.25, 0.3) is 0 Å². The lowest BCUT2D eigenvalue weighted by Crippen LogP contribution is -1.98. The van der Waals surface area contributed by atoms with Gasteiger partial charge in [0, 0.05) is 6.42 Å². The van der Waals surface area contributed by atoms with Gasteiger partial charge in [-0.3, -0.25) is 4.79 Å². The molecule has 70 valence electrons. The Bertz CT molecular complexity index is 139. The fraction of sp³-hybridized carbons (Fsp3) is 0.700. The van der Waals surface area contributed by atoms with Crippen LogP contribution in [0.15, 0.2) is 12.3 Å². The molecule has 0 aromatic heterocycles. The van der Waals surface area contributed by atoms with E-state index in [-0.39, 0.29) is 5.97 Å². The van der Waals surface area contributed by atoms with Crippen molar-refractivity contribution in [2.75, 3.05) is 0 Å². The van der Waals surface area contributed by atoms with E-state index in [4.69, 9.17) is 4.74 Å².